The first-order chi connectivity index (χ1) is 5.43. The highest BCUT2D eigenvalue weighted by molar-refractivity contribution is 7.87. The molecule has 70 valence electrons. The molecule has 1 saturated heterocycles. The predicted octanol–water partition coefficient (Wildman–Crippen LogP) is -1.39. The Kier molecular flexibility index (Phi) is 2.36. The molecule has 1 rings (SSSR count). The van der Waals surface area contributed by atoms with Gasteiger partial charge in [-0.1, -0.05) is 0 Å². The average Bonchev–Trinajstić information content (AvgIpc) is 2.63. The topological polar surface area (TPSA) is 86.5 Å². The molecule has 0 spiro atoms. The Balaban J connectivity index is 2.45. The van der Waals surface area contributed by atoms with Gasteiger partial charge < -0.3 is 5.11 Å². The maximum Gasteiger partial charge on any atom is 0.318 e. The number of hydrogen-bond donors (Lipinski definition) is 2. The Labute approximate surface area is 70.4 Å². The lowest BCUT2D eigenvalue weighted by molar-refractivity contribution is -0.135. The van der Waals surface area contributed by atoms with Crippen molar-refractivity contribution in [1.29, 1.82) is 0 Å². The number of rotatable bonds is 4. The van der Waals surface area contributed by atoms with E-state index in [1.165, 1.54) is 4.31 Å². The van der Waals surface area contributed by atoms with Crippen LogP contribution in [-0.4, -0.2) is 42.9 Å². The van der Waals surface area contributed by atoms with Gasteiger partial charge in [0.05, 0.1) is 0 Å². The van der Waals surface area contributed by atoms with Crippen LogP contribution < -0.4 is 4.72 Å². The minimum absolute atomic E-state index is 0.00343. The maximum atomic E-state index is 11.1. The fourth-order valence-corrected chi connectivity index (χ4v) is 2.14. The highest BCUT2D eigenvalue weighted by atomic mass is 32.2. The number of carboxylic acids is 1. The van der Waals surface area contributed by atoms with Gasteiger partial charge in [-0.15, -0.1) is 0 Å². The van der Waals surface area contributed by atoms with Crippen LogP contribution in [-0.2, 0) is 15.0 Å². The molecule has 1 heterocycles. The lowest BCUT2D eigenvalue weighted by atomic mass is 10.6. The fourth-order valence-electron chi connectivity index (χ4n) is 0.784. The first-order valence-electron chi connectivity index (χ1n) is 3.41. The van der Waals surface area contributed by atoms with Gasteiger partial charge >= 0.3 is 5.97 Å². The van der Waals surface area contributed by atoms with E-state index in [2.05, 4.69) is 0 Å². The lowest BCUT2D eigenvalue weighted by Crippen LogP contribution is -2.34. The third-order valence-electron chi connectivity index (χ3n) is 1.52. The van der Waals surface area contributed by atoms with Gasteiger partial charge in [0.15, 0.2) is 0 Å². The second-order valence-electron chi connectivity index (χ2n) is 2.64. The van der Waals surface area contributed by atoms with E-state index in [0.717, 1.165) is 0 Å². The molecule has 1 aliphatic heterocycles. The highest BCUT2D eigenvalue weighted by Gasteiger charge is 2.40. The number of carboxylic acid groups (broad SMARTS) is 1. The molecule has 1 fully saturated rings. The zero-order valence-corrected chi connectivity index (χ0v) is 7.34. The molecule has 0 aromatic carbocycles. The smallest absolute Gasteiger partial charge is 0.318 e. The van der Waals surface area contributed by atoms with E-state index in [0.29, 0.717) is 6.54 Å². The van der Waals surface area contributed by atoms with E-state index in [1.54, 1.807) is 6.92 Å². The molecule has 12 heavy (non-hydrogen) atoms. The summed E-state index contributed by atoms with van der Waals surface area (Å²) in [7, 11) is -3.53. The van der Waals surface area contributed by atoms with Gasteiger partial charge in [0.25, 0.3) is 10.2 Å². The molecule has 0 aliphatic carbocycles. The quantitative estimate of drug-likeness (QED) is 0.539. The summed E-state index contributed by atoms with van der Waals surface area (Å²) in [5.74, 6) is -1.19. The molecule has 0 saturated carbocycles. The van der Waals surface area contributed by atoms with Gasteiger partial charge in [-0.25, -0.2) is 0 Å². The monoisotopic (exact) mass is 194 g/mol. The molecule has 0 bridgehead atoms. The summed E-state index contributed by atoms with van der Waals surface area (Å²) in [6.07, 6.45) is 0. The number of aliphatic carboxylic acids is 1. The van der Waals surface area contributed by atoms with Crippen molar-refractivity contribution >= 4 is 16.2 Å². The van der Waals surface area contributed by atoms with Crippen molar-refractivity contribution in [2.24, 2.45) is 0 Å². The van der Waals surface area contributed by atoms with E-state index < -0.39 is 22.7 Å². The molecule has 7 heteroatoms. The fraction of sp³-hybridized carbons (Fsp3) is 0.800. The summed E-state index contributed by atoms with van der Waals surface area (Å²) in [6, 6.07) is -0.00343. The second kappa shape index (κ2) is 3.00. The third-order valence-corrected chi connectivity index (χ3v) is 3.15. The van der Waals surface area contributed by atoms with Gasteiger partial charge in [0.2, 0.25) is 0 Å². The molecule has 2 N–H and O–H groups in total. The van der Waals surface area contributed by atoms with Crippen LogP contribution in [0, 0.1) is 0 Å². The summed E-state index contributed by atoms with van der Waals surface area (Å²) >= 11 is 0. The van der Waals surface area contributed by atoms with E-state index in [9.17, 15) is 13.2 Å². The predicted molar refractivity (Wildman–Crippen MR) is 40.7 cm³/mol. The van der Waals surface area contributed by atoms with Crippen molar-refractivity contribution in [2.75, 3.05) is 13.1 Å². The van der Waals surface area contributed by atoms with Crippen molar-refractivity contribution in [3.8, 4) is 0 Å². The van der Waals surface area contributed by atoms with Crippen LogP contribution in [0.4, 0.5) is 0 Å². The zero-order chi connectivity index (χ0) is 9.35. The maximum absolute atomic E-state index is 11.1. The van der Waals surface area contributed by atoms with Gasteiger partial charge in [-0.3, -0.25) is 4.79 Å². The lowest BCUT2D eigenvalue weighted by Gasteiger charge is -2.03. The summed E-state index contributed by atoms with van der Waals surface area (Å²) < 4.78 is 25.3. The summed E-state index contributed by atoms with van der Waals surface area (Å²) in [6.45, 7) is 1.65. The Morgan fingerprint density at radius 2 is 2.25 bits per heavy atom. The van der Waals surface area contributed by atoms with Crippen molar-refractivity contribution in [2.45, 2.75) is 13.0 Å². The van der Waals surface area contributed by atoms with Crippen LogP contribution in [0.15, 0.2) is 0 Å². The van der Waals surface area contributed by atoms with Crippen molar-refractivity contribution in [3.63, 3.8) is 0 Å². The molecule has 0 radical (unpaired) electrons. The van der Waals surface area contributed by atoms with Crippen molar-refractivity contribution in [1.82, 2.24) is 9.03 Å². The SMILES string of the molecule is C[C@@H]1CN1S(=O)(=O)NCC(=O)O. The average molecular weight is 194 g/mol. The molecule has 2 atom stereocenters. The number of carbonyl (C=O) groups is 1. The normalized spacial score (nSPS) is 28.4. The highest BCUT2D eigenvalue weighted by Crippen LogP contribution is 2.19. The van der Waals surface area contributed by atoms with Crippen LogP contribution in [0.1, 0.15) is 6.92 Å². The van der Waals surface area contributed by atoms with Crippen LogP contribution in [0.5, 0.6) is 0 Å². The number of hydrogen-bond acceptors (Lipinski definition) is 3. The summed E-state index contributed by atoms with van der Waals surface area (Å²) in [5, 5.41) is 8.20. The minimum atomic E-state index is -3.53. The Bertz CT molecular complexity index is 286. The van der Waals surface area contributed by atoms with Crippen LogP contribution in [0.2, 0.25) is 0 Å². The van der Waals surface area contributed by atoms with Gasteiger partial charge in [-0.2, -0.15) is 17.4 Å². The molecule has 0 aromatic heterocycles. The molecular formula is C5H10N2O4S. The first-order valence-corrected chi connectivity index (χ1v) is 4.85. The van der Waals surface area contributed by atoms with Crippen molar-refractivity contribution in [3.05, 3.63) is 0 Å². The van der Waals surface area contributed by atoms with Crippen LogP contribution >= 0.6 is 0 Å². The van der Waals surface area contributed by atoms with E-state index in [1.807, 2.05) is 4.72 Å². The van der Waals surface area contributed by atoms with Crippen LogP contribution in [0.25, 0.3) is 0 Å². The Hall–Kier alpha value is -0.660. The Morgan fingerprint density at radius 1 is 1.75 bits per heavy atom. The summed E-state index contributed by atoms with van der Waals surface area (Å²) in [5.41, 5.74) is 0. The first kappa shape index (κ1) is 9.43. The van der Waals surface area contributed by atoms with E-state index >= 15 is 0 Å². The Morgan fingerprint density at radius 3 is 2.58 bits per heavy atom. The van der Waals surface area contributed by atoms with Crippen molar-refractivity contribution < 1.29 is 18.3 Å². The third kappa shape index (κ3) is 2.16. The van der Waals surface area contributed by atoms with Gasteiger partial charge in [0.1, 0.15) is 6.54 Å². The molecule has 0 amide bonds. The second-order valence-corrected chi connectivity index (χ2v) is 4.35. The van der Waals surface area contributed by atoms with Gasteiger partial charge in [-0.05, 0) is 6.92 Å². The number of nitrogens with zero attached hydrogens (tertiary/aromatic N) is 1. The van der Waals surface area contributed by atoms with Crippen LogP contribution in [0.3, 0.4) is 0 Å². The molecule has 1 unspecified atom stereocenters. The largest absolute Gasteiger partial charge is 0.480 e. The number of nitrogens with one attached hydrogen (secondary N) is 1. The standard InChI is InChI=1S/C5H10N2O4S/c1-4-3-7(4)12(10,11)6-2-5(8)9/h4,6H,2-3H2,1H3,(H,8,9)/t4-,7?/m1/s1. The van der Waals surface area contributed by atoms with Gasteiger partial charge in [0, 0.05) is 12.6 Å². The molecule has 1 aliphatic rings. The summed E-state index contributed by atoms with van der Waals surface area (Å²) in [4.78, 5) is 10.0. The molecule has 0 aromatic rings. The van der Waals surface area contributed by atoms with E-state index in [4.69, 9.17) is 5.11 Å². The molecule has 6 nitrogen and oxygen atoms in total. The molecular weight excluding hydrogens is 184 g/mol. The van der Waals surface area contributed by atoms with E-state index in [-0.39, 0.29) is 6.04 Å². The minimum Gasteiger partial charge on any atom is -0.480 e. The zero-order valence-electron chi connectivity index (χ0n) is 6.52.